The van der Waals surface area contributed by atoms with Crippen LogP contribution in [0.1, 0.15) is 37.0 Å². The normalized spacial score (nSPS) is 11.9. The third-order valence-corrected chi connectivity index (χ3v) is 3.28. The van der Waals surface area contributed by atoms with Crippen LogP contribution in [-0.2, 0) is 19.5 Å². The minimum atomic E-state index is -4.67. The zero-order valence-corrected chi connectivity index (χ0v) is 13.6. The van der Waals surface area contributed by atoms with E-state index in [1.54, 1.807) is 12.1 Å². The molecular weight excluding hydrogens is 323 g/mol. The maximum absolute atomic E-state index is 12.1. The summed E-state index contributed by atoms with van der Waals surface area (Å²) in [5.74, 6) is 1.00. The molecule has 0 N–H and O–H groups in total. The highest BCUT2D eigenvalue weighted by atomic mass is 19.4. The van der Waals surface area contributed by atoms with E-state index < -0.39 is 6.36 Å². The van der Waals surface area contributed by atoms with Gasteiger partial charge in [0.2, 0.25) is 5.89 Å². The fourth-order valence-corrected chi connectivity index (χ4v) is 2.19. The third-order valence-electron chi connectivity index (χ3n) is 3.28. The first-order valence-corrected chi connectivity index (χ1v) is 7.70. The van der Waals surface area contributed by atoms with Gasteiger partial charge < -0.3 is 9.26 Å². The van der Waals surface area contributed by atoms with Crippen molar-refractivity contribution in [1.82, 2.24) is 15.0 Å². The number of hydrogen-bond acceptors (Lipinski definition) is 5. The molecule has 0 radical (unpaired) electrons. The van der Waals surface area contributed by atoms with Gasteiger partial charge in [-0.2, -0.15) is 4.98 Å². The van der Waals surface area contributed by atoms with E-state index in [-0.39, 0.29) is 5.75 Å². The summed E-state index contributed by atoms with van der Waals surface area (Å²) in [5.41, 5.74) is 0.859. The van der Waals surface area contributed by atoms with Gasteiger partial charge in [0.05, 0.1) is 6.54 Å². The quantitative estimate of drug-likeness (QED) is 0.727. The molecule has 0 amide bonds. The monoisotopic (exact) mass is 343 g/mol. The van der Waals surface area contributed by atoms with Crippen molar-refractivity contribution in [3.8, 4) is 5.75 Å². The number of aromatic nitrogens is 2. The molecule has 0 bridgehead atoms. The second-order valence-electron chi connectivity index (χ2n) is 5.57. The number of halogens is 3. The van der Waals surface area contributed by atoms with Gasteiger partial charge in [0.1, 0.15) is 5.75 Å². The van der Waals surface area contributed by atoms with Crippen molar-refractivity contribution in [3.05, 3.63) is 41.5 Å². The van der Waals surface area contributed by atoms with Gasteiger partial charge in [0.15, 0.2) is 5.82 Å². The number of nitrogens with zero attached hydrogens (tertiary/aromatic N) is 3. The fraction of sp³-hybridized carbons (Fsp3) is 0.500. The van der Waals surface area contributed by atoms with Crippen LogP contribution < -0.4 is 4.74 Å². The van der Waals surface area contributed by atoms with Crippen molar-refractivity contribution < 1.29 is 22.4 Å². The number of aryl methyl sites for hydroxylation is 1. The van der Waals surface area contributed by atoms with Crippen LogP contribution in [0.4, 0.5) is 13.2 Å². The van der Waals surface area contributed by atoms with Crippen molar-refractivity contribution in [2.45, 2.75) is 45.6 Å². The van der Waals surface area contributed by atoms with Gasteiger partial charge in [-0.05, 0) is 31.2 Å². The van der Waals surface area contributed by atoms with E-state index in [4.69, 9.17) is 4.52 Å². The predicted octanol–water partition coefficient (Wildman–Crippen LogP) is 3.94. The topological polar surface area (TPSA) is 51.4 Å². The smallest absolute Gasteiger partial charge is 0.406 e. The summed E-state index contributed by atoms with van der Waals surface area (Å²) in [6.07, 6.45) is -1.80. The molecule has 0 atom stereocenters. The Labute approximate surface area is 138 Å². The molecule has 0 aliphatic rings. The Hall–Kier alpha value is -2.09. The number of rotatable bonds is 8. The predicted molar refractivity (Wildman–Crippen MR) is 81.2 cm³/mol. The molecule has 2 rings (SSSR count). The van der Waals surface area contributed by atoms with E-state index in [0.717, 1.165) is 24.8 Å². The number of ether oxygens (including phenoxy) is 1. The Morgan fingerprint density at radius 3 is 2.50 bits per heavy atom. The second-order valence-corrected chi connectivity index (χ2v) is 5.57. The lowest BCUT2D eigenvalue weighted by atomic mass is 10.2. The zero-order chi connectivity index (χ0) is 17.6. The van der Waals surface area contributed by atoms with Crippen molar-refractivity contribution in [2.75, 3.05) is 7.05 Å². The van der Waals surface area contributed by atoms with Crippen LogP contribution in [0, 0.1) is 0 Å². The fourth-order valence-electron chi connectivity index (χ4n) is 2.19. The van der Waals surface area contributed by atoms with Crippen molar-refractivity contribution in [3.63, 3.8) is 0 Å². The Balaban J connectivity index is 1.85. The molecule has 24 heavy (non-hydrogen) atoms. The van der Waals surface area contributed by atoms with Crippen molar-refractivity contribution in [1.29, 1.82) is 0 Å². The van der Waals surface area contributed by atoms with Crippen LogP contribution in [0.5, 0.6) is 5.75 Å². The van der Waals surface area contributed by atoms with E-state index >= 15 is 0 Å². The molecule has 0 saturated heterocycles. The summed E-state index contributed by atoms with van der Waals surface area (Å²) in [5, 5.41) is 3.92. The Morgan fingerprint density at radius 2 is 1.88 bits per heavy atom. The molecule has 132 valence electrons. The second kappa shape index (κ2) is 8.14. The van der Waals surface area contributed by atoms with Crippen LogP contribution in [0.25, 0.3) is 0 Å². The molecule has 2 aromatic rings. The molecule has 0 fully saturated rings. The van der Waals surface area contributed by atoms with Gasteiger partial charge in [-0.1, -0.05) is 30.6 Å². The lowest BCUT2D eigenvalue weighted by Gasteiger charge is -2.15. The summed E-state index contributed by atoms with van der Waals surface area (Å²) < 4.78 is 45.4. The lowest BCUT2D eigenvalue weighted by Crippen LogP contribution is -2.18. The average molecular weight is 343 g/mol. The summed E-state index contributed by atoms with van der Waals surface area (Å²) >= 11 is 0. The zero-order valence-electron chi connectivity index (χ0n) is 13.6. The van der Waals surface area contributed by atoms with Gasteiger partial charge >= 0.3 is 6.36 Å². The molecular formula is C16H20F3N3O2. The average Bonchev–Trinajstić information content (AvgIpc) is 2.93. The number of benzene rings is 1. The van der Waals surface area contributed by atoms with Crippen LogP contribution >= 0.6 is 0 Å². The molecule has 1 aromatic heterocycles. The van der Waals surface area contributed by atoms with E-state index in [1.165, 1.54) is 12.1 Å². The Morgan fingerprint density at radius 1 is 1.17 bits per heavy atom. The van der Waals surface area contributed by atoms with Crippen molar-refractivity contribution >= 4 is 0 Å². The summed E-state index contributed by atoms with van der Waals surface area (Å²) in [6, 6.07) is 5.79. The highest BCUT2D eigenvalue weighted by molar-refractivity contribution is 5.27. The number of hydrogen-bond donors (Lipinski definition) is 0. The van der Waals surface area contributed by atoms with Gasteiger partial charge in [-0.3, -0.25) is 4.90 Å². The molecule has 0 spiro atoms. The van der Waals surface area contributed by atoms with E-state index in [0.29, 0.717) is 24.8 Å². The molecule has 0 unspecified atom stereocenters. The molecule has 0 aliphatic carbocycles. The first-order valence-electron chi connectivity index (χ1n) is 7.70. The standard InChI is InChI=1S/C16H20F3N3O2/c1-3-4-5-14-20-15(24-21-14)11-22(2)10-12-6-8-13(9-7-12)23-16(17,18)19/h6-9H,3-5,10-11H2,1-2H3. The van der Waals surface area contributed by atoms with E-state index in [9.17, 15) is 13.2 Å². The summed E-state index contributed by atoms with van der Waals surface area (Å²) in [6.45, 7) is 3.11. The number of unbranched alkanes of at least 4 members (excludes halogenated alkanes) is 1. The van der Waals surface area contributed by atoms with Gasteiger partial charge in [0.25, 0.3) is 0 Å². The van der Waals surface area contributed by atoms with Gasteiger partial charge in [-0.25, -0.2) is 0 Å². The summed E-state index contributed by atoms with van der Waals surface area (Å²) in [7, 11) is 1.87. The van der Waals surface area contributed by atoms with Crippen LogP contribution in [-0.4, -0.2) is 28.5 Å². The highest BCUT2D eigenvalue weighted by Crippen LogP contribution is 2.23. The Bertz CT molecular complexity index is 626. The molecule has 1 aromatic carbocycles. The molecule has 5 nitrogen and oxygen atoms in total. The highest BCUT2D eigenvalue weighted by Gasteiger charge is 2.30. The maximum atomic E-state index is 12.1. The van der Waals surface area contributed by atoms with Crippen molar-refractivity contribution in [2.24, 2.45) is 0 Å². The first-order chi connectivity index (χ1) is 11.4. The molecule has 1 heterocycles. The minimum Gasteiger partial charge on any atom is -0.406 e. The number of alkyl halides is 3. The van der Waals surface area contributed by atoms with E-state index in [1.807, 2.05) is 11.9 Å². The van der Waals surface area contributed by atoms with Gasteiger partial charge in [-0.15, -0.1) is 13.2 Å². The summed E-state index contributed by atoms with van der Waals surface area (Å²) in [4.78, 5) is 6.26. The van der Waals surface area contributed by atoms with Crippen LogP contribution in [0.3, 0.4) is 0 Å². The van der Waals surface area contributed by atoms with Crippen LogP contribution in [0.15, 0.2) is 28.8 Å². The van der Waals surface area contributed by atoms with Crippen LogP contribution in [0.2, 0.25) is 0 Å². The lowest BCUT2D eigenvalue weighted by molar-refractivity contribution is -0.274. The third kappa shape index (κ3) is 6.19. The van der Waals surface area contributed by atoms with E-state index in [2.05, 4.69) is 21.8 Å². The first kappa shape index (κ1) is 18.3. The SMILES string of the molecule is CCCCc1noc(CN(C)Cc2ccc(OC(F)(F)F)cc2)n1. The molecule has 0 saturated carbocycles. The molecule has 0 aliphatic heterocycles. The van der Waals surface area contributed by atoms with Gasteiger partial charge in [0, 0.05) is 13.0 Å². The molecule has 8 heteroatoms. The Kier molecular flexibility index (Phi) is 6.19. The minimum absolute atomic E-state index is 0.230. The largest absolute Gasteiger partial charge is 0.573 e. The maximum Gasteiger partial charge on any atom is 0.573 e.